The molecule has 4 amide bonds. The zero-order valence-electron chi connectivity index (χ0n) is 43.4. The molecule has 1 saturated carbocycles. The lowest BCUT2D eigenvalue weighted by molar-refractivity contribution is -0.131. The molecule has 82 heavy (non-hydrogen) atoms. The Morgan fingerprint density at radius 2 is 1.40 bits per heavy atom. The van der Waals surface area contributed by atoms with E-state index in [1.54, 1.807) is 0 Å². The number of unbranched alkanes of at least 4 members (excludes halogenated alkanes) is 2. The van der Waals surface area contributed by atoms with Gasteiger partial charge in [0.05, 0.1) is 32.0 Å². The molecular weight excluding hydrogens is 1220 g/mol. The second-order valence-electron chi connectivity index (χ2n) is 18.5. The van der Waals surface area contributed by atoms with Crippen LogP contribution in [0.4, 0.5) is 0 Å². The number of nitrogens with zero attached hydrogens (tertiary/aromatic N) is 3. The van der Waals surface area contributed by atoms with E-state index in [-0.39, 0.29) is 80.9 Å². The van der Waals surface area contributed by atoms with Gasteiger partial charge in [-0.3, -0.25) is 56.5 Å². The summed E-state index contributed by atoms with van der Waals surface area (Å²) in [6.07, 6.45) is -0.196. The molecule has 2 saturated heterocycles. The summed E-state index contributed by atoms with van der Waals surface area (Å²) in [5, 5.41) is 31.6. The van der Waals surface area contributed by atoms with Crippen molar-refractivity contribution in [1.29, 1.82) is 0 Å². The number of rotatable bonds is 31. The number of carbonyl (C=O) groups excluding carboxylic acids is 4. The van der Waals surface area contributed by atoms with E-state index < -0.39 is 122 Å². The van der Waals surface area contributed by atoms with Crippen molar-refractivity contribution in [2.45, 2.75) is 127 Å². The number of nitrogens with one attached hydrogen (secondary N) is 5. The minimum Gasteiger partial charge on any atom is -0.390 e. The fraction of sp³-hybridized carbons (Fsp3) is 0.667. The summed E-state index contributed by atoms with van der Waals surface area (Å²) in [7, 11) is -19.3. The van der Waals surface area contributed by atoms with Gasteiger partial charge in [-0.05, 0) is 25.7 Å². The SMILES string of the molecule is O=C(CCSSCC(NC(=O)C1CCCCC1)C(=O)NCCCCCC(=O)NCCn1c(=O)ccn(C2CC(O)C(COP(=O)(O)O)O2)c1=O)NCC#Cc1cn(C2CC(O)C(COP(=O)(O)OP(=O)(O)OP(=O)(O)O)O2)c(=O)[nH]c1=O. The third-order valence-corrected chi connectivity index (χ3v) is 19.0. The number of amides is 4. The molecule has 2 aliphatic heterocycles. The normalized spacial score (nSPS) is 22.2. The van der Waals surface area contributed by atoms with Crippen molar-refractivity contribution in [1.82, 2.24) is 40.0 Å². The van der Waals surface area contributed by atoms with E-state index in [4.69, 9.17) is 29.0 Å². The van der Waals surface area contributed by atoms with E-state index in [1.165, 1.54) is 27.8 Å². The first-order chi connectivity index (χ1) is 38.5. The van der Waals surface area contributed by atoms with Gasteiger partial charge in [0.25, 0.3) is 11.1 Å². The third kappa shape index (κ3) is 23.4. The van der Waals surface area contributed by atoms with Crippen molar-refractivity contribution in [3.8, 4) is 11.8 Å². The van der Waals surface area contributed by atoms with E-state index in [0.29, 0.717) is 37.9 Å². The zero-order chi connectivity index (χ0) is 60.4. The number of aliphatic hydroxyl groups excluding tert-OH is 2. The first-order valence-corrected chi connectivity index (χ1v) is 33.7. The first kappa shape index (κ1) is 68.6. The van der Waals surface area contributed by atoms with Crippen molar-refractivity contribution >= 4 is 76.5 Å². The molecule has 5 rings (SSSR count). The number of hydrogen-bond acceptors (Lipinski definition) is 22. The molecule has 3 fully saturated rings. The molecular formula is C42H64N8O26P4S2. The molecule has 0 aromatic carbocycles. The van der Waals surface area contributed by atoms with Crippen molar-refractivity contribution in [3.63, 3.8) is 0 Å². The quantitative estimate of drug-likeness (QED) is 0.0175. The predicted molar refractivity (Wildman–Crippen MR) is 286 cm³/mol. The zero-order valence-corrected chi connectivity index (χ0v) is 48.6. The summed E-state index contributed by atoms with van der Waals surface area (Å²) in [6, 6.07) is 0.206. The molecule has 4 heterocycles. The van der Waals surface area contributed by atoms with E-state index in [2.05, 4.69) is 50.8 Å². The Labute approximate surface area is 473 Å². The van der Waals surface area contributed by atoms with Gasteiger partial charge in [0.2, 0.25) is 23.6 Å². The van der Waals surface area contributed by atoms with Gasteiger partial charge < -0.3 is 70.3 Å². The van der Waals surface area contributed by atoms with Crippen molar-refractivity contribution in [2.75, 3.05) is 44.4 Å². The summed E-state index contributed by atoms with van der Waals surface area (Å²) in [4.78, 5) is 159. The van der Waals surface area contributed by atoms with Crippen LogP contribution in [-0.4, -0.2) is 157 Å². The minimum absolute atomic E-state index is 0.0154. The standard InChI is InChI=1S/C42H64N8O26P4S2/c51-29-20-36(73-31(29)23-71-77(61,62)63)49-17-12-35(55)48(42(49)60)18-16-44-33(53)11-5-2-6-14-45-40(58)28(46-38(56)26-8-3-1-4-9-26)25-82-81-19-13-34(54)43-15-7-10-27-22-50(41(59)47-39(27)57)37-21-30(52)32(74-37)24-72-79(67,68)76-80(69,70)75-78(64,65)66/h12,17,22,26,28-32,36-37,51-52H,1-6,8-9,11,13-16,18-21,23-25H2,(H,43,54)(H,44,53)(H,45,58)(H,46,56)(H,67,68)(H,69,70)(H,47,57,59)(H2,61,62,63)(H2,64,65,66). The molecule has 0 bridgehead atoms. The number of aliphatic hydroxyl groups is 2. The smallest absolute Gasteiger partial charge is 0.390 e. The van der Waals surface area contributed by atoms with Gasteiger partial charge in [-0.2, -0.15) is 8.62 Å². The summed E-state index contributed by atoms with van der Waals surface area (Å²) < 4.78 is 75.5. The van der Waals surface area contributed by atoms with Gasteiger partial charge in [0.1, 0.15) is 36.3 Å². The summed E-state index contributed by atoms with van der Waals surface area (Å²) >= 11 is 0. The maximum Gasteiger partial charge on any atom is 0.490 e. The van der Waals surface area contributed by atoms with Crippen LogP contribution in [0.15, 0.2) is 37.6 Å². The average molecular weight is 1290 g/mol. The number of phosphoric acid groups is 4. The Morgan fingerprint density at radius 1 is 0.756 bits per heavy atom. The van der Waals surface area contributed by atoms with Crippen LogP contribution >= 0.6 is 52.9 Å². The third-order valence-electron chi connectivity index (χ3n) is 12.3. The summed E-state index contributed by atoms with van der Waals surface area (Å²) in [6.45, 7) is -1.90. The highest BCUT2D eigenvalue weighted by Crippen LogP contribution is 2.66. The molecule has 2 aromatic rings. The number of hydrogen-bond donors (Lipinski definition) is 13. The Hall–Kier alpha value is -4.14. The second-order valence-corrected chi connectivity index (χ2v) is 26.8. The monoisotopic (exact) mass is 1280 g/mol. The Bertz CT molecular complexity index is 3060. The van der Waals surface area contributed by atoms with Crippen LogP contribution in [0.1, 0.15) is 95.1 Å². The number of aromatic nitrogens is 4. The molecule has 0 radical (unpaired) electrons. The number of carbonyl (C=O) groups is 4. The van der Waals surface area contributed by atoms with Crippen molar-refractivity contribution in [3.05, 3.63) is 65.7 Å². The van der Waals surface area contributed by atoms with Gasteiger partial charge in [0.15, 0.2) is 0 Å². The molecule has 34 nitrogen and oxygen atoms in total. The maximum atomic E-state index is 13.4. The fourth-order valence-electron chi connectivity index (χ4n) is 8.29. The van der Waals surface area contributed by atoms with Crippen LogP contribution in [-0.2, 0) is 71.1 Å². The highest BCUT2D eigenvalue weighted by Gasteiger charge is 2.43. The highest BCUT2D eigenvalue weighted by molar-refractivity contribution is 8.76. The Balaban J connectivity index is 0.998. The van der Waals surface area contributed by atoms with Crippen LogP contribution in [0.5, 0.6) is 0 Å². The lowest BCUT2D eigenvalue weighted by Crippen LogP contribution is -2.50. The molecule has 13 N–H and O–H groups in total. The van der Waals surface area contributed by atoms with Gasteiger partial charge in [-0.15, -0.1) is 0 Å². The van der Waals surface area contributed by atoms with E-state index >= 15 is 0 Å². The number of aromatic amines is 1. The Morgan fingerprint density at radius 3 is 2.06 bits per heavy atom. The molecule has 9 unspecified atom stereocenters. The summed E-state index contributed by atoms with van der Waals surface area (Å²) in [5.41, 5.74) is -3.64. The lowest BCUT2D eigenvalue weighted by atomic mass is 9.88. The molecule has 460 valence electrons. The topological polar surface area (TPSA) is 501 Å². The summed E-state index contributed by atoms with van der Waals surface area (Å²) in [5.74, 6) is 3.92. The highest BCUT2D eigenvalue weighted by atomic mass is 33.1. The van der Waals surface area contributed by atoms with Crippen LogP contribution in [0.3, 0.4) is 0 Å². The lowest BCUT2D eigenvalue weighted by Gasteiger charge is -2.24. The van der Waals surface area contributed by atoms with E-state index in [9.17, 15) is 76.6 Å². The maximum absolute atomic E-state index is 13.4. The van der Waals surface area contributed by atoms with Gasteiger partial charge in [-0.1, -0.05) is 59.1 Å². The van der Waals surface area contributed by atoms with E-state index in [0.717, 1.165) is 45.2 Å². The van der Waals surface area contributed by atoms with Crippen LogP contribution in [0.25, 0.3) is 0 Å². The van der Waals surface area contributed by atoms with Crippen molar-refractivity contribution in [2.24, 2.45) is 5.92 Å². The largest absolute Gasteiger partial charge is 0.490 e. The second kappa shape index (κ2) is 31.8. The van der Waals surface area contributed by atoms with Crippen molar-refractivity contribution < 1.29 is 104 Å². The number of ether oxygens (including phenoxy) is 2. The predicted octanol–water partition coefficient (Wildman–Crippen LogP) is -1.59. The average Bonchev–Trinajstić information content (AvgIpc) is 4.15. The van der Waals surface area contributed by atoms with Gasteiger partial charge >= 0.3 is 42.7 Å². The number of H-pyrrole nitrogens is 1. The fourth-order valence-corrected chi connectivity index (χ4v) is 13.8. The van der Waals surface area contributed by atoms with E-state index in [1.807, 2.05) is 4.98 Å². The molecule has 2 aromatic heterocycles. The molecule has 40 heteroatoms. The van der Waals surface area contributed by atoms with Gasteiger partial charge in [-0.25, -0.2) is 27.8 Å². The molecule has 1 aliphatic carbocycles. The minimum atomic E-state index is -5.82. The molecule has 3 aliphatic rings. The Kier molecular flexibility index (Phi) is 26.7. The molecule has 9 atom stereocenters. The first-order valence-electron chi connectivity index (χ1n) is 25.2. The number of phosphoric ester groups is 2. The van der Waals surface area contributed by atoms with Crippen LogP contribution in [0, 0.1) is 17.8 Å². The van der Waals surface area contributed by atoms with Crippen LogP contribution in [0.2, 0.25) is 0 Å². The van der Waals surface area contributed by atoms with Crippen LogP contribution < -0.4 is 43.8 Å². The molecule has 0 spiro atoms. The van der Waals surface area contributed by atoms with Gasteiger partial charge in [0, 0.05) is 81.2 Å².